The van der Waals surface area contributed by atoms with Crippen molar-refractivity contribution in [2.24, 2.45) is 5.84 Å². The van der Waals surface area contributed by atoms with Crippen molar-refractivity contribution < 1.29 is 0 Å². The molecule has 0 aromatic heterocycles. The van der Waals surface area contributed by atoms with Crippen LogP contribution in [0.15, 0.2) is 83.8 Å². The highest BCUT2D eigenvalue weighted by Crippen LogP contribution is 2.26. The molecule has 3 aromatic rings. The van der Waals surface area contributed by atoms with E-state index in [0.717, 1.165) is 38.9 Å². The molecule has 0 atom stereocenters. The fraction of sp³-hybridized carbons (Fsp3) is 0.0476. The highest BCUT2D eigenvalue weighted by molar-refractivity contribution is 7.80. The van der Waals surface area contributed by atoms with E-state index in [2.05, 4.69) is 18.7 Å². The molecule has 3 aromatic carbocycles. The van der Waals surface area contributed by atoms with Gasteiger partial charge < -0.3 is 0 Å². The zero-order valence-corrected chi connectivity index (χ0v) is 16.3. The van der Waals surface area contributed by atoms with Gasteiger partial charge in [0.2, 0.25) is 0 Å². The van der Waals surface area contributed by atoms with Crippen LogP contribution in [0.5, 0.6) is 0 Å². The number of hydrogen-bond acceptors (Lipinski definition) is 3. The Hall–Kier alpha value is -1.91. The topological polar surface area (TPSA) is 29.3 Å². The monoisotopic (exact) mass is 400 g/mol. The first-order valence-electron chi connectivity index (χ1n) is 8.07. The van der Waals surface area contributed by atoms with Gasteiger partial charge in [-0.2, -0.15) is 0 Å². The number of halogens is 2. The molecule has 0 aliphatic carbocycles. The molecule has 2 N–H and O–H groups in total. The SMILES string of the molecule is NN(/C(=C\Cc1ccc(Cl)cc1)c1ccc(Cl)cc1)c1ccc(S)cc1. The van der Waals surface area contributed by atoms with Gasteiger partial charge in [0.15, 0.2) is 0 Å². The van der Waals surface area contributed by atoms with E-state index >= 15 is 0 Å². The summed E-state index contributed by atoms with van der Waals surface area (Å²) in [4.78, 5) is 0.889. The molecule has 2 nitrogen and oxygen atoms in total. The molecule has 0 spiro atoms. The number of nitrogens with two attached hydrogens (primary N) is 1. The lowest BCUT2D eigenvalue weighted by Gasteiger charge is -2.23. The molecule has 132 valence electrons. The number of hydrazine groups is 1. The van der Waals surface area contributed by atoms with Gasteiger partial charge in [-0.25, -0.2) is 5.84 Å². The van der Waals surface area contributed by atoms with Crippen molar-refractivity contribution in [3.63, 3.8) is 0 Å². The van der Waals surface area contributed by atoms with Crippen LogP contribution in [0.4, 0.5) is 5.69 Å². The van der Waals surface area contributed by atoms with Crippen molar-refractivity contribution in [1.82, 2.24) is 0 Å². The van der Waals surface area contributed by atoms with Crippen LogP contribution >= 0.6 is 35.8 Å². The molecule has 0 fully saturated rings. The minimum Gasteiger partial charge on any atom is -0.279 e. The predicted octanol–water partition coefficient (Wildman–Crippen LogP) is 6.25. The smallest absolute Gasteiger partial charge is 0.0611 e. The fourth-order valence-corrected chi connectivity index (χ4v) is 2.96. The maximum atomic E-state index is 6.43. The van der Waals surface area contributed by atoms with E-state index in [0.29, 0.717) is 5.02 Å². The lowest BCUT2D eigenvalue weighted by atomic mass is 10.1. The van der Waals surface area contributed by atoms with Crippen LogP contribution < -0.4 is 10.9 Å². The Morgan fingerprint density at radius 2 is 1.38 bits per heavy atom. The minimum absolute atomic E-state index is 0.689. The molecule has 26 heavy (non-hydrogen) atoms. The van der Waals surface area contributed by atoms with Gasteiger partial charge in [-0.05, 0) is 66.1 Å². The van der Waals surface area contributed by atoms with Crippen LogP contribution in [0, 0.1) is 0 Å². The maximum Gasteiger partial charge on any atom is 0.0611 e. The zero-order valence-electron chi connectivity index (χ0n) is 13.9. The highest BCUT2D eigenvalue weighted by atomic mass is 35.5. The van der Waals surface area contributed by atoms with E-state index in [1.165, 1.54) is 0 Å². The molecule has 0 aliphatic rings. The lowest BCUT2D eigenvalue weighted by Crippen LogP contribution is -2.29. The van der Waals surface area contributed by atoms with Gasteiger partial charge in [0, 0.05) is 14.9 Å². The number of nitrogens with zero attached hydrogens (tertiary/aromatic N) is 1. The third kappa shape index (κ3) is 4.83. The lowest BCUT2D eigenvalue weighted by molar-refractivity contribution is 1.08. The number of hydrogen-bond donors (Lipinski definition) is 2. The zero-order chi connectivity index (χ0) is 18.5. The Kier molecular flexibility index (Phi) is 6.28. The summed E-state index contributed by atoms with van der Waals surface area (Å²) in [5, 5.41) is 3.09. The third-order valence-electron chi connectivity index (χ3n) is 3.97. The van der Waals surface area contributed by atoms with E-state index < -0.39 is 0 Å². The number of allylic oxidation sites excluding steroid dienone is 1. The molecule has 0 saturated carbocycles. The summed E-state index contributed by atoms with van der Waals surface area (Å²) < 4.78 is 0. The molecule has 0 saturated heterocycles. The van der Waals surface area contributed by atoms with Crippen LogP contribution in [0.1, 0.15) is 11.1 Å². The molecule has 0 bridgehead atoms. The second-order valence-corrected chi connectivity index (χ2v) is 7.20. The Morgan fingerprint density at radius 3 is 1.96 bits per heavy atom. The van der Waals surface area contributed by atoms with Gasteiger partial charge in [0.05, 0.1) is 11.4 Å². The van der Waals surface area contributed by atoms with Crippen molar-refractivity contribution in [3.05, 3.63) is 100 Å². The second-order valence-electron chi connectivity index (χ2n) is 5.81. The summed E-state index contributed by atoms with van der Waals surface area (Å²) in [6.45, 7) is 0. The standard InChI is InChI=1S/C21H18Cl2N2S/c22-17-6-1-15(2-7-17)3-14-21(16-4-8-18(23)9-5-16)25(24)19-10-12-20(26)13-11-19/h1-2,4-14,26H,3,24H2/b21-14-. The second kappa shape index (κ2) is 8.65. The molecular weight excluding hydrogens is 383 g/mol. The fourth-order valence-electron chi connectivity index (χ4n) is 2.56. The van der Waals surface area contributed by atoms with Crippen LogP contribution in [0.25, 0.3) is 5.70 Å². The Bertz CT molecular complexity index is 889. The predicted molar refractivity (Wildman–Crippen MR) is 115 cm³/mol. The van der Waals surface area contributed by atoms with Crippen LogP contribution in [0.2, 0.25) is 10.0 Å². The normalized spacial score (nSPS) is 11.5. The quantitative estimate of drug-likeness (QED) is 0.301. The van der Waals surface area contributed by atoms with Crippen molar-refractivity contribution in [2.45, 2.75) is 11.3 Å². The molecule has 0 unspecified atom stereocenters. The van der Waals surface area contributed by atoms with Gasteiger partial charge in [-0.15, -0.1) is 12.6 Å². The van der Waals surface area contributed by atoms with Crippen molar-refractivity contribution in [1.29, 1.82) is 0 Å². The maximum absolute atomic E-state index is 6.43. The third-order valence-corrected chi connectivity index (χ3v) is 4.77. The van der Waals surface area contributed by atoms with Crippen LogP contribution in [0.3, 0.4) is 0 Å². The Balaban J connectivity index is 1.95. The summed E-state index contributed by atoms with van der Waals surface area (Å²) in [5.41, 5.74) is 3.91. The molecule has 0 amide bonds. The summed E-state index contributed by atoms with van der Waals surface area (Å²) in [6.07, 6.45) is 2.83. The van der Waals surface area contributed by atoms with Gasteiger partial charge in [0.1, 0.15) is 0 Å². The number of benzene rings is 3. The van der Waals surface area contributed by atoms with E-state index in [1.54, 1.807) is 5.01 Å². The van der Waals surface area contributed by atoms with Crippen molar-refractivity contribution in [2.75, 3.05) is 5.01 Å². The molecular formula is C21H18Cl2N2S. The van der Waals surface area contributed by atoms with Gasteiger partial charge in [0.25, 0.3) is 0 Å². The average Bonchev–Trinajstić information content (AvgIpc) is 2.65. The van der Waals surface area contributed by atoms with Gasteiger partial charge in [-0.1, -0.05) is 53.5 Å². The summed E-state index contributed by atoms with van der Waals surface area (Å²) in [5.74, 6) is 6.43. The number of thiol groups is 1. The van der Waals surface area contributed by atoms with E-state index in [4.69, 9.17) is 29.0 Å². The first kappa shape index (κ1) is 18.9. The number of anilines is 1. The summed E-state index contributed by atoms with van der Waals surface area (Å²) >= 11 is 16.3. The molecule has 5 heteroatoms. The Labute approximate surface area is 169 Å². The van der Waals surface area contributed by atoms with E-state index in [-0.39, 0.29) is 0 Å². The molecule has 3 rings (SSSR count). The van der Waals surface area contributed by atoms with Crippen LogP contribution in [-0.4, -0.2) is 0 Å². The number of rotatable bonds is 5. The molecule has 0 aliphatic heterocycles. The van der Waals surface area contributed by atoms with E-state index in [9.17, 15) is 0 Å². The molecule has 0 radical (unpaired) electrons. The summed E-state index contributed by atoms with van der Waals surface area (Å²) in [6, 6.07) is 23.1. The van der Waals surface area contributed by atoms with Crippen molar-refractivity contribution >= 4 is 47.2 Å². The highest BCUT2D eigenvalue weighted by Gasteiger charge is 2.11. The first-order valence-corrected chi connectivity index (χ1v) is 9.27. The first-order chi connectivity index (χ1) is 12.5. The Morgan fingerprint density at radius 1 is 0.846 bits per heavy atom. The largest absolute Gasteiger partial charge is 0.279 e. The van der Waals surface area contributed by atoms with Gasteiger partial charge in [-0.3, -0.25) is 5.01 Å². The van der Waals surface area contributed by atoms with Crippen molar-refractivity contribution in [3.8, 4) is 0 Å². The van der Waals surface area contributed by atoms with E-state index in [1.807, 2.05) is 72.8 Å². The average molecular weight is 401 g/mol. The molecule has 0 heterocycles. The summed E-state index contributed by atoms with van der Waals surface area (Å²) in [7, 11) is 0. The minimum atomic E-state index is 0.689. The van der Waals surface area contributed by atoms with Gasteiger partial charge >= 0.3 is 0 Å². The van der Waals surface area contributed by atoms with Crippen LogP contribution in [-0.2, 0) is 6.42 Å².